The molecule has 8 heteroatoms. The second-order valence-corrected chi connectivity index (χ2v) is 8.94. The minimum Gasteiger partial charge on any atom is -0.357 e. The lowest BCUT2D eigenvalue weighted by atomic mass is 9.72. The van der Waals surface area contributed by atoms with Crippen molar-refractivity contribution in [3.05, 3.63) is 42.7 Å². The van der Waals surface area contributed by atoms with E-state index in [1.165, 1.54) is 0 Å². The standard InChI is InChI=1S/C22H30N6O2/c29-21-5-1-4-19-16-11-17(14-27(13-16)10-9-26-8-7-23-15-26)20(28(19)21)12-25-22(30)18-3-2-6-24-18/h2-3,6-8,15-17,19-20,24H,1,4-5,9-14H2,(H,25,30)/t16-,17+,19+,20+/m1/s1. The van der Waals surface area contributed by atoms with E-state index < -0.39 is 0 Å². The maximum Gasteiger partial charge on any atom is 0.267 e. The molecule has 2 N–H and O–H groups in total. The van der Waals surface area contributed by atoms with E-state index in [0.29, 0.717) is 36.5 Å². The molecule has 2 bridgehead atoms. The molecular formula is C22H30N6O2. The first-order chi connectivity index (χ1) is 14.7. The third-order valence-electron chi connectivity index (χ3n) is 7.12. The van der Waals surface area contributed by atoms with Crippen LogP contribution in [-0.4, -0.2) is 74.4 Å². The fourth-order valence-corrected chi connectivity index (χ4v) is 5.76. The summed E-state index contributed by atoms with van der Waals surface area (Å²) in [6.07, 6.45) is 11.3. The molecule has 0 saturated carbocycles. The topological polar surface area (TPSA) is 86.3 Å². The molecule has 3 aliphatic heterocycles. The minimum atomic E-state index is -0.101. The van der Waals surface area contributed by atoms with Crippen molar-refractivity contribution in [2.45, 2.75) is 44.3 Å². The molecule has 160 valence electrons. The van der Waals surface area contributed by atoms with Gasteiger partial charge in [0.05, 0.1) is 12.4 Å². The van der Waals surface area contributed by atoms with Crippen LogP contribution < -0.4 is 5.32 Å². The number of amides is 2. The van der Waals surface area contributed by atoms with Gasteiger partial charge < -0.3 is 24.7 Å². The Bertz CT molecular complexity index is 864. The Hall–Kier alpha value is -2.61. The Kier molecular flexibility index (Phi) is 5.33. The van der Waals surface area contributed by atoms with Crippen LogP contribution in [0.2, 0.25) is 0 Å². The monoisotopic (exact) mass is 410 g/mol. The van der Waals surface area contributed by atoms with Crippen LogP contribution in [0, 0.1) is 11.8 Å². The molecule has 4 atom stereocenters. The van der Waals surface area contributed by atoms with Gasteiger partial charge in [0.1, 0.15) is 5.69 Å². The van der Waals surface area contributed by atoms with Gasteiger partial charge in [0.25, 0.3) is 5.91 Å². The highest BCUT2D eigenvalue weighted by Crippen LogP contribution is 2.41. The van der Waals surface area contributed by atoms with Gasteiger partial charge in [0, 0.05) is 63.8 Å². The van der Waals surface area contributed by atoms with E-state index in [2.05, 4.69) is 29.7 Å². The average Bonchev–Trinajstić information content (AvgIpc) is 3.47. The summed E-state index contributed by atoms with van der Waals surface area (Å²) in [5, 5.41) is 3.09. The molecule has 8 nitrogen and oxygen atoms in total. The van der Waals surface area contributed by atoms with E-state index >= 15 is 0 Å². The predicted molar refractivity (Wildman–Crippen MR) is 112 cm³/mol. The highest BCUT2D eigenvalue weighted by Gasteiger charge is 2.49. The molecule has 2 aromatic rings. The predicted octanol–water partition coefficient (Wildman–Crippen LogP) is 1.34. The third kappa shape index (κ3) is 3.76. The summed E-state index contributed by atoms with van der Waals surface area (Å²) in [6, 6.07) is 3.99. The first-order valence-electron chi connectivity index (χ1n) is 11.1. The molecule has 2 amide bonds. The van der Waals surface area contributed by atoms with Gasteiger partial charge in [-0.2, -0.15) is 0 Å². The van der Waals surface area contributed by atoms with E-state index in [1.54, 1.807) is 12.3 Å². The molecule has 0 spiro atoms. The summed E-state index contributed by atoms with van der Waals surface area (Å²) in [4.78, 5) is 37.2. The molecule has 3 fully saturated rings. The zero-order valence-corrected chi connectivity index (χ0v) is 17.2. The van der Waals surface area contributed by atoms with Gasteiger partial charge in [0.15, 0.2) is 0 Å². The van der Waals surface area contributed by atoms with Crippen molar-refractivity contribution in [1.82, 2.24) is 29.7 Å². The van der Waals surface area contributed by atoms with Gasteiger partial charge in [-0.25, -0.2) is 4.98 Å². The molecule has 5 heterocycles. The van der Waals surface area contributed by atoms with Crippen molar-refractivity contribution in [3.63, 3.8) is 0 Å². The Morgan fingerprint density at radius 2 is 2.17 bits per heavy atom. The van der Waals surface area contributed by atoms with Gasteiger partial charge in [-0.05, 0) is 43.2 Å². The summed E-state index contributed by atoms with van der Waals surface area (Å²) >= 11 is 0. The normalized spacial score (nSPS) is 28.9. The number of carbonyl (C=O) groups is 2. The van der Waals surface area contributed by atoms with E-state index in [1.807, 2.05) is 24.8 Å². The first kappa shape index (κ1) is 19.4. The molecule has 2 aromatic heterocycles. The summed E-state index contributed by atoms with van der Waals surface area (Å²) < 4.78 is 2.12. The zero-order valence-electron chi connectivity index (χ0n) is 17.2. The number of fused-ring (bicyclic) bond motifs is 4. The first-order valence-corrected chi connectivity index (χ1v) is 11.1. The lowest BCUT2D eigenvalue weighted by Gasteiger charge is -2.56. The highest BCUT2D eigenvalue weighted by atomic mass is 16.2. The van der Waals surface area contributed by atoms with Crippen LogP contribution in [0.15, 0.2) is 37.1 Å². The number of nitrogens with zero attached hydrogens (tertiary/aromatic N) is 4. The average molecular weight is 411 g/mol. The quantitative estimate of drug-likeness (QED) is 0.753. The van der Waals surface area contributed by atoms with Crippen LogP contribution in [0.25, 0.3) is 0 Å². The Morgan fingerprint density at radius 1 is 1.27 bits per heavy atom. The van der Waals surface area contributed by atoms with E-state index in [0.717, 1.165) is 45.4 Å². The number of H-pyrrole nitrogens is 1. The Balaban J connectivity index is 1.30. The summed E-state index contributed by atoms with van der Waals surface area (Å²) in [5.41, 5.74) is 0.566. The molecule has 0 unspecified atom stereocenters. The van der Waals surface area contributed by atoms with Crippen molar-refractivity contribution in [3.8, 4) is 0 Å². The largest absolute Gasteiger partial charge is 0.357 e. The van der Waals surface area contributed by atoms with Gasteiger partial charge in [-0.15, -0.1) is 0 Å². The summed E-state index contributed by atoms with van der Waals surface area (Å²) in [5.74, 6) is 1.10. The molecule has 0 radical (unpaired) electrons. The molecular weight excluding hydrogens is 380 g/mol. The number of carbonyl (C=O) groups excluding carboxylic acids is 2. The number of hydrogen-bond donors (Lipinski definition) is 2. The van der Waals surface area contributed by atoms with Crippen LogP contribution in [0.4, 0.5) is 0 Å². The van der Waals surface area contributed by atoms with Crippen LogP contribution in [-0.2, 0) is 11.3 Å². The number of hydrogen-bond acceptors (Lipinski definition) is 4. The maximum absolute atomic E-state index is 12.9. The number of rotatable bonds is 6. The van der Waals surface area contributed by atoms with Crippen molar-refractivity contribution in [2.75, 3.05) is 26.2 Å². The van der Waals surface area contributed by atoms with E-state index in [4.69, 9.17) is 0 Å². The second kappa shape index (κ2) is 8.26. The molecule has 30 heavy (non-hydrogen) atoms. The van der Waals surface area contributed by atoms with Gasteiger partial charge in [-0.1, -0.05) is 0 Å². The van der Waals surface area contributed by atoms with Crippen molar-refractivity contribution in [2.24, 2.45) is 11.8 Å². The minimum absolute atomic E-state index is 0.0778. The highest BCUT2D eigenvalue weighted by molar-refractivity contribution is 5.92. The number of aromatic nitrogens is 3. The molecule has 0 aliphatic carbocycles. The van der Waals surface area contributed by atoms with Crippen molar-refractivity contribution >= 4 is 11.8 Å². The zero-order chi connectivity index (χ0) is 20.5. The number of aromatic amines is 1. The van der Waals surface area contributed by atoms with Crippen LogP contribution in [0.5, 0.6) is 0 Å². The summed E-state index contributed by atoms with van der Waals surface area (Å²) in [6.45, 7) is 4.48. The second-order valence-electron chi connectivity index (χ2n) is 8.94. The summed E-state index contributed by atoms with van der Waals surface area (Å²) in [7, 11) is 0. The van der Waals surface area contributed by atoms with Crippen LogP contribution in [0.3, 0.4) is 0 Å². The fourth-order valence-electron chi connectivity index (χ4n) is 5.76. The van der Waals surface area contributed by atoms with Crippen LogP contribution >= 0.6 is 0 Å². The smallest absolute Gasteiger partial charge is 0.267 e. The lowest BCUT2D eigenvalue weighted by Crippen LogP contribution is -2.67. The van der Waals surface area contributed by atoms with Gasteiger partial charge in [0.2, 0.25) is 5.91 Å². The van der Waals surface area contributed by atoms with Gasteiger partial charge in [-0.3, -0.25) is 9.59 Å². The molecule has 5 rings (SSSR count). The maximum atomic E-state index is 12.9. The molecule has 0 aromatic carbocycles. The third-order valence-corrected chi connectivity index (χ3v) is 7.12. The SMILES string of the molecule is O=C(NC[C@H]1[C@H]2C[C@H](CN(CCn3ccnc3)C2)[C@@H]2CCCC(=O)N21)c1ccc[nH]1. The number of nitrogens with one attached hydrogen (secondary N) is 2. The molecule has 3 saturated heterocycles. The Labute approximate surface area is 176 Å². The lowest BCUT2D eigenvalue weighted by molar-refractivity contribution is -0.152. The fraction of sp³-hybridized carbons (Fsp3) is 0.591. The van der Waals surface area contributed by atoms with E-state index in [-0.39, 0.29) is 17.9 Å². The van der Waals surface area contributed by atoms with Crippen LogP contribution in [0.1, 0.15) is 36.2 Å². The number of likely N-dealkylation sites (tertiary alicyclic amines) is 1. The van der Waals surface area contributed by atoms with E-state index in [9.17, 15) is 9.59 Å². The van der Waals surface area contributed by atoms with Gasteiger partial charge >= 0.3 is 0 Å². The van der Waals surface area contributed by atoms with Crippen molar-refractivity contribution in [1.29, 1.82) is 0 Å². The number of piperidine rings is 3. The Morgan fingerprint density at radius 3 is 2.97 bits per heavy atom. The van der Waals surface area contributed by atoms with Crippen molar-refractivity contribution < 1.29 is 9.59 Å². The number of imidazole rings is 1. The molecule has 3 aliphatic rings.